The molecule has 0 spiro atoms. The molecule has 7 nitrogen and oxygen atoms in total. The summed E-state index contributed by atoms with van der Waals surface area (Å²) in [5.74, 6) is 1.86. The van der Waals surface area contributed by atoms with Gasteiger partial charge >= 0.3 is 0 Å². The number of hydrogen-bond donors (Lipinski definition) is 0. The summed E-state index contributed by atoms with van der Waals surface area (Å²) >= 11 is 0. The van der Waals surface area contributed by atoms with E-state index in [0.717, 1.165) is 11.3 Å². The Morgan fingerprint density at radius 3 is 2.38 bits per heavy atom. The van der Waals surface area contributed by atoms with Gasteiger partial charge in [-0.05, 0) is 24.3 Å². The van der Waals surface area contributed by atoms with Gasteiger partial charge in [0.1, 0.15) is 6.61 Å². The maximum atomic E-state index is 13.2. The zero-order valence-electron chi connectivity index (χ0n) is 17.6. The summed E-state index contributed by atoms with van der Waals surface area (Å²) in [7, 11) is 1.72. The maximum absolute atomic E-state index is 13.2. The Kier molecular flexibility index (Phi) is 5.29. The van der Waals surface area contributed by atoms with E-state index in [-0.39, 0.29) is 17.8 Å². The van der Waals surface area contributed by atoms with Crippen LogP contribution in [0.5, 0.6) is 11.5 Å². The smallest absolute Gasteiger partial charge is 0.293 e. The number of hydrogen-bond acceptors (Lipinski definition) is 5. The van der Waals surface area contributed by atoms with Crippen molar-refractivity contribution in [1.82, 2.24) is 19.7 Å². The second kappa shape index (κ2) is 8.55. The molecular weight excluding hydrogens is 404 g/mol. The van der Waals surface area contributed by atoms with Crippen LogP contribution in [0.2, 0.25) is 0 Å². The highest BCUT2D eigenvalue weighted by atomic mass is 16.6. The van der Waals surface area contributed by atoms with E-state index < -0.39 is 0 Å². The molecule has 0 N–H and O–H groups in total. The number of carbonyl (C=O) groups excluding carboxylic acids is 1. The highest BCUT2D eigenvalue weighted by Crippen LogP contribution is 2.31. The van der Waals surface area contributed by atoms with Crippen molar-refractivity contribution in [2.75, 3.05) is 20.2 Å². The third-order valence-corrected chi connectivity index (χ3v) is 5.22. The standard InChI is InChI=1S/C25H22N4O3/c1-28(16-20-17-31-21-14-8-9-15-22(21)32-20)25(30)23-26-24(18-10-4-2-5-11-18)29(27-23)19-12-6-3-7-13-19/h2-15,20H,16-17H2,1H3/t20-/m0/s1. The van der Waals surface area contributed by atoms with Gasteiger partial charge in [-0.2, -0.15) is 0 Å². The molecule has 1 aliphatic rings. The number of carbonyl (C=O) groups is 1. The number of likely N-dealkylation sites (N-methyl/N-ethyl adjacent to an activating group) is 1. The lowest BCUT2D eigenvalue weighted by Crippen LogP contribution is -2.42. The Hall–Kier alpha value is -4.13. The van der Waals surface area contributed by atoms with Crippen molar-refractivity contribution in [2.45, 2.75) is 6.10 Å². The van der Waals surface area contributed by atoms with Crippen LogP contribution in [0.1, 0.15) is 10.6 Å². The third-order valence-electron chi connectivity index (χ3n) is 5.22. The molecule has 0 bridgehead atoms. The Labute approximate surface area is 185 Å². The van der Waals surface area contributed by atoms with Gasteiger partial charge < -0.3 is 14.4 Å². The van der Waals surface area contributed by atoms with Gasteiger partial charge in [0.25, 0.3) is 5.91 Å². The molecule has 1 atom stereocenters. The lowest BCUT2D eigenvalue weighted by Gasteiger charge is -2.29. The summed E-state index contributed by atoms with van der Waals surface area (Å²) in [6.07, 6.45) is -0.274. The summed E-state index contributed by atoms with van der Waals surface area (Å²) in [5, 5.41) is 4.55. The summed E-state index contributed by atoms with van der Waals surface area (Å²) in [4.78, 5) is 19.3. The number of aromatic nitrogens is 3. The summed E-state index contributed by atoms with van der Waals surface area (Å²) in [5.41, 5.74) is 1.72. The van der Waals surface area contributed by atoms with Gasteiger partial charge in [-0.25, -0.2) is 9.67 Å². The van der Waals surface area contributed by atoms with E-state index in [1.165, 1.54) is 0 Å². The van der Waals surface area contributed by atoms with Crippen molar-refractivity contribution in [2.24, 2.45) is 0 Å². The average Bonchev–Trinajstić information content (AvgIpc) is 3.30. The Balaban J connectivity index is 1.39. The van der Waals surface area contributed by atoms with Gasteiger partial charge in [-0.3, -0.25) is 4.79 Å². The van der Waals surface area contributed by atoms with Crippen molar-refractivity contribution in [1.29, 1.82) is 0 Å². The van der Waals surface area contributed by atoms with E-state index in [9.17, 15) is 4.79 Å². The molecule has 0 saturated heterocycles. The number of para-hydroxylation sites is 3. The van der Waals surface area contributed by atoms with Gasteiger partial charge in [-0.1, -0.05) is 60.7 Å². The molecule has 5 rings (SSSR count). The van der Waals surface area contributed by atoms with Crippen LogP contribution in [0.15, 0.2) is 84.9 Å². The van der Waals surface area contributed by atoms with E-state index in [2.05, 4.69) is 10.1 Å². The molecule has 0 saturated carbocycles. The zero-order valence-corrected chi connectivity index (χ0v) is 17.6. The van der Waals surface area contributed by atoms with Gasteiger partial charge in [-0.15, -0.1) is 5.10 Å². The molecule has 3 aromatic carbocycles. The summed E-state index contributed by atoms with van der Waals surface area (Å²) in [6.45, 7) is 0.726. The summed E-state index contributed by atoms with van der Waals surface area (Å²) in [6, 6.07) is 26.9. The van der Waals surface area contributed by atoms with E-state index in [0.29, 0.717) is 30.5 Å². The van der Waals surface area contributed by atoms with Crippen LogP contribution in [0.25, 0.3) is 17.1 Å². The molecule has 0 unspecified atom stereocenters. The third kappa shape index (κ3) is 3.92. The lowest BCUT2D eigenvalue weighted by atomic mass is 10.2. The predicted octanol–water partition coefficient (Wildman–Crippen LogP) is 3.85. The molecule has 32 heavy (non-hydrogen) atoms. The molecular formula is C25H22N4O3. The van der Waals surface area contributed by atoms with Crippen LogP contribution >= 0.6 is 0 Å². The van der Waals surface area contributed by atoms with Gasteiger partial charge in [0.05, 0.1) is 12.2 Å². The number of amides is 1. The molecule has 0 fully saturated rings. The maximum Gasteiger partial charge on any atom is 0.293 e. The number of rotatable bonds is 5. The molecule has 7 heteroatoms. The van der Waals surface area contributed by atoms with Gasteiger partial charge in [0, 0.05) is 12.6 Å². The Morgan fingerprint density at radius 2 is 1.62 bits per heavy atom. The fourth-order valence-electron chi connectivity index (χ4n) is 3.64. The highest BCUT2D eigenvalue weighted by Gasteiger charge is 2.27. The van der Waals surface area contributed by atoms with Crippen LogP contribution < -0.4 is 9.47 Å². The van der Waals surface area contributed by atoms with E-state index in [1.54, 1.807) is 16.6 Å². The van der Waals surface area contributed by atoms with Crippen molar-refractivity contribution >= 4 is 5.91 Å². The second-order valence-corrected chi connectivity index (χ2v) is 7.56. The minimum absolute atomic E-state index is 0.132. The SMILES string of the molecule is CN(C[C@H]1COc2ccccc2O1)C(=O)c1nc(-c2ccccc2)n(-c2ccccc2)n1. The fraction of sp³-hybridized carbons (Fsp3) is 0.160. The van der Waals surface area contributed by atoms with E-state index in [4.69, 9.17) is 9.47 Å². The van der Waals surface area contributed by atoms with Crippen LogP contribution in [-0.4, -0.2) is 51.9 Å². The number of nitrogens with zero attached hydrogens (tertiary/aromatic N) is 4. The minimum Gasteiger partial charge on any atom is -0.486 e. The first-order chi connectivity index (χ1) is 15.7. The van der Waals surface area contributed by atoms with E-state index >= 15 is 0 Å². The zero-order chi connectivity index (χ0) is 21.9. The molecule has 160 valence electrons. The van der Waals surface area contributed by atoms with Gasteiger partial charge in [0.2, 0.25) is 5.82 Å². The molecule has 1 amide bonds. The molecule has 4 aromatic rings. The normalized spacial score (nSPS) is 14.7. The highest BCUT2D eigenvalue weighted by molar-refractivity contribution is 5.91. The largest absolute Gasteiger partial charge is 0.486 e. The van der Waals surface area contributed by atoms with Crippen molar-refractivity contribution in [3.8, 4) is 28.6 Å². The topological polar surface area (TPSA) is 69.5 Å². The fourth-order valence-corrected chi connectivity index (χ4v) is 3.64. The van der Waals surface area contributed by atoms with Crippen LogP contribution in [0.4, 0.5) is 0 Å². The minimum atomic E-state index is -0.278. The van der Waals surface area contributed by atoms with Gasteiger partial charge in [0.15, 0.2) is 23.4 Å². The molecule has 0 aliphatic carbocycles. The molecule has 0 radical (unpaired) electrons. The Bertz CT molecular complexity index is 1170. The monoisotopic (exact) mass is 426 g/mol. The Morgan fingerprint density at radius 1 is 0.969 bits per heavy atom. The van der Waals surface area contributed by atoms with E-state index in [1.807, 2.05) is 84.9 Å². The van der Waals surface area contributed by atoms with Crippen molar-refractivity contribution in [3.05, 3.63) is 90.8 Å². The molecule has 1 aromatic heterocycles. The lowest BCUT2D eigenvalue weighted by molar-refractivity contribution is 0.0513. The second-order valence-electron chi connectivity index (χ2n) is 7.56. The number of ether oxygens (including phenoxy) is 2. The first-order valence-electron chi connectivity index (χ1n) is 10.4. The summed E-state index contributed by atoms with van der Waals surface area (Å²) < 4.78 is 13.5. The average molecular weight is 426 g/mol. The van der Waals surface area contributed by atoms with Crippen LogP contribution in [0.3, 0.4) is 0 Å². The number of fused-ring (bicyclic) bond motifs is 1. The predicted molar refractivity (Wildman–Crippen MR) is 120 cm³/mol. The molecule has 1 aliphatic heterocycles. The van der Waals surface area contributed by atoms with Crippen LogP contribution in [-0.2, 0) is 0 Å². The first-order valence-corrected chi connectivity index (χ1v) is 10.4. The van der Waals surface area contributed by atoms with Crippen molar-refractivity contribution < 1.29 is 14.3 Å². The first kappa shape index (κ1) is 19.8. The number of benzene rings is 3. The quantitative estimate of drug-likeness (QED) is 0.485. The van der Waals surface area contributed by atoms with Crippen molar-refractivity contribution in [3.63, 3.8) is 0 Å². The van der Waals surface area contributed by atoms with Crippen LogP contribution in [0, 0.1) is 0 Å². The molecule has 2 heterocycles.